The van der Waals surface area contributed by atoms with Gasteiger partial charge in [0, 0.05) is 17.0 Å². The number of hydrogen-bond donors (Lipinski definition) is 2. The SMILES string of the molecule is CC12CCCCCC(Cc3ccc(O)c(F)c31)C2N. The van der Waals surface area contributed by atoms with Crippen LogP contribution in [0.15, 0.2) is 12.1 Å². The minimum atomic E-state index is -0.450. The Bertz CT molecular complexity index is 502. The molecule has 2 aliphatic carbocycles. The van der Waals surface area contributed by atoms with Crippen LogP contribution in [0.4, 0.5) is 4.39 Å². The van der Waals surface area contributed by atoms with Crippen molar-refractivity contribution in [3.8, 4) is 5.75 Å². The first kappa shape index (κ1) is 12.9. The number of nitrogens with two attached hydrogens (primary N) is 1. The molecule has 1 fully saturated rings. The monoisotopic (exact) mass is 263 g/mol. The van der Waals surface area contributed by atoms with Crippen LogP contribution in [-0.4, -0.2) is 11.1 Å². The second-order valence-electron chi connectivity index (χ2n) is 6.44. The largest absolute Gasteiger partial charge is 0.505 e. The first-order valence-electron chi connectivity index (χ1n) is 7.30. The van der Waals surface area contributed by atoms with Gasteiger partial charge in [-0.1, -0.05) is 32.3 Å². The van der Waals surface area contributed by atoms with Gasteiger partial charge < -0.3 is 10.8 Å². The summed E-state index contributed by atoms with van der Waals surface area (Å²) in [4.78, 5) is 0. The first-order valence-corrected chi connectivity index (χ1v) is 7.30. The van der Waals surface area contributed by atoms with Gasteiger partial charge in [-0.25, -0.2) is 4.39 Å². The lowest BCUT2D eigenvalue weighted by atomic mass is 9.60. The summed E-state index contributed by atoms with van der Waals surface area (Å²) in [6.45, 7) is 2.08. The highest BCUT2D eigenvalue weighted by molar-refractivity contribution is 5.45. The smallest absolute Gasteiger partial charge is 0.168 e. The summed E-state index contributed by atoms with van der Waals surface area (Å²) in [5.74, 6) is -0.246. The van der Waals surface area contributed by atoms with Gasteiger partial charge in [-0.2, -0.15) is 0 Å². The third kappa shape index (κ3) is 1.86. The first-order chi connectivity index (χ1) is 9.04. The Morgan fingerprint density at radius 3 is 2.89 bits per heavy atom. The van der Waals surface area contributed by atoms with Crippen LogP contribution in [0.2, 0.25) is 0 Å². The van der Waals surface area contributed by atoms with Crippen molar-refractivity contribution in [2.75, 3.05) is 0 Å². The Kier molecular flexibility index (Phi) is 3.05. The van der Waals surface area contributed by atoms with E-state index in [1.54, 1.807) is 0 Å². The number of rotatable bonds is 0. The van der Waals surface area contributed by atoms with Crippen molar-refractivity contribution in [2.45, 2.75) is 56.9 Å². The van der Waals surface area contributed by atoms with Gasteiger partial charge >= 0.3 is 0 Å². The molecule has 0 aromatic heterocycles. The molecule has 3 N–H and O–H groups in total. The highest BCUT2D eigenvalue weighted by Crippen LogP contribution is 2.47. The molecule has 0 saturated heterocycles. The Balaban J connectivity index is 2.18. The highest BCUT2D eigenvalue weighted by atomic mass is 19.1. The molecular weight excluding hydrogens is 241 g/mol. The van der Waals surface area contributed by atoms with Crippen LogP contribution in [0, 0.1) is 11.7 Å². The molecule has 1 saturated carbocycles. The maximum atomic E-state index is 14.4. The van der Waals surface area contributed by atoms with Crippen LogP contribution < -0.4 is 5.73 Å². The van der Waals surface area contributed by atoms with E-state index in [9.17, 15) is 9.50 Å². The molecule has 0 aliphatic heterocycles. The van der Waals surface area contributed by atoms with Gasteiger partial charge in [0.2, 0.25) is 0 Å². The standard InChI is InChI=1S/C16H22FNO/c1-16-8-4-2-3-5-11(15(16)18)9-10-6-7-12(19)14(17)13(10)16/h6-7,11,15,19H,2-5,8-9,18H2,1H3. The highest BCUT2D eigenvalue weighted by Gasteiger charge is 2.45. The normalized spacial score (nSPS) is 34.3. The molecule has 0 amide bonds. The number of halogens is 1. The van der Waals surface area contributed by atoms with Crippen molar-refractivity contribution < 1.29 is 9.50 Å². The van der Waals surface area contributed by atoms with Crippen molar-refractivity contribution >= 4 is 0 Å². The van der Waals surface area contributed by atoms with Crippen LogP contribution >= 0.6 is 0 Å². The molecule has 2 nitrogen and oxygen atoms in total. The maximum Gasteiger partial charge on any atom is 0.168 e. The van der Waals surface area contributed by atoms with E-state index < -0.39 is 5.82 Å². The zero-order valence-corrected chi connectivity index (χ0v) is 11.5. The quantitative estimate of drug-likeness (QED) is 0.754. The molecule has 0 radical (unpaired) electrons. The molecule has 104 valence electrons. The van der Waals surface area contributed by atoms with Crippen LogP contribution in [0.1, 0.15) is 50.2 Å². The van der Waals surface area contributed by atoms with Crippen LogP contribution in [0.3, 0.4) is 0 Å². The lowest BCUT2D eigenvalue weighted by molar-refractivity contribution is 0.195. The molecule has 0 heterocycles. The zero-order chi connectivity index (χ0) is 13.6. The van der Waals surface area contributed by atoms with E-state index in [1.807, 2.05) is 6.07 Å². The predicted octanol–water partition coefficient (Wildman–Crippen LogP) is 3.25. The van der Waals surface area contributed by atoms with E-state index in [0.717, 1.165) is 31.2 Å². The molecule has 1 aromatic rings. The van der Waals surface area contributed by atoms with Gasteiger partial charge in [-0.3, -0.25) is 0 Å². The zero-order valence-electron chi connectivity index (χ0n) is 11.5. The van der Waals surface area contributed by atoms with E-state index >= 15 is 0 Å². The van der Waals surface area contributed by atoms with Gasteiger partial charge in [0.25, 0.3) is 0 Å². The number of phenols is 1. The van der Waals surface area contributed by atoms with Crippen molar-refractivity contribution in [3.63, 3.8) is 0 Å². The molecular formula is C16H22FNO. The van der Waals surface area contributed by atoms with Gasteiger partial charge in [-0.05, 0) is 36.8 Å². The van der Waals surface area contributed by atoms with E-state index in [1.165, 1.54) is 18.9 Å². The summed E-state index contributed by atoms with van der Waals surface area (Å²) in [5, 5.41) is 9.68. The summed E-state index contributed by atoms with van der Waals surface area (Å²) in [6.07, 6.45) is 6.42. The fraction of sp³-hybridized carbons (Fsp3) is 0.625. The van der Waals surface area contributed by atoms with Crippen molar-refractivity contribution in [2.24, 2.45) is 11.7 Å². The minimum absolute atomic E-state index is 0.00315. The van der Waals surface area contributed by atoms with Gasteiger partial charge in [0.05, 0.1) is 0 Å². The van der Waals surface area contributed by atoms with E-state index in [2.05, 4.69) is 6.92 Å². The van der Waals surface area contributed by atoms with Crippen molar-refractivity contribution in [1.82, 2.24) is 0 Å². The number of fused-ring (bicyclic) bond motifs is 4. The van der Waals surface area contributed by atoms with Crippen molar-refractivity contribution in [1.29, 1.82) is 0 Å². The van der Waals surface area contributed by atoms with E-state index in [0.29, 0.717) is 11.5 Å². The molecule has 2 bridgehead atoms. The molecule has 3 unspecified atom stereocenters. The Morgan fingerprint density at radius 1 is 1.32 bits per heavy atom. The maximum absolute atomic E-state index is 14.4. The number of benzene rings is 1. The van der Waals surface area contributed by atoms with Gasteiger partial charge in [0.15, 0.2) is 11.6 Å². The van der Waals surface area contributed by atoms with Gasteiger partial charge in [-0.15, -0.1) is 0 Å². The molecule has 2 aliphatic rings. The lowest BCUT2D eigenvalue weighted by Crippen LogP contribution is -2.53. The Morgan fingerprint density at radius 2 is 2.11 bits per heavy atom. The number of aromatic hydroxyl groups is 1. The second-order valence-corrected chi connectivity index (χ2v) is 6.44. The van der Waals surface area contributed by atoms with Gasteiger partial charge in [0.1, 0.15) is 0 Å². The third-order valence-electron chi connectivity index (χ3n) is 5.28. The molecule has 3 rings (SSSR count). The average molecular weight is 263 g/mol. The summed E-state index contributed by atoms with van der Waals surface area (Å²) < 4.78 is 14.4. The molecule has 0 spiro atoms. The average Bonchev–Trinajstić information content (AvgIpc) is 2.38. The molecule has 19 heavy (non-hydrogen) atoms. The molecule has 3 heteroatoms. The van der Waals surface area contributed by atoms with E-state index in [4.69, 9.17) is 5.73 Å². The Labute approximate surface area is 113 Å². The van der Waals surface area contributed by atoms with Crippen LogP contribution in [0.25, 0.3) is 0 Å². The molecule has 3 atom stereocenters. The molecule has 1 aromatic carbocycles. The third-order valence-corrected chi connectivity index (χ3v) is 5.28. The predicted molar refractivity (Wildman–Crippen MR) is 73.7 cm³/mol. The van der Waals surface area contributed by atoms with Crippen LogP contribution in [0.5, 0.6) is 5.75 Å². The van der Waals surface area contributed by atoms with E-state index in [-0.39, 0.29) is 17.2 Å². The lowest BCUT2D eigenvalue weighted by Gasteiger charge is -2.47. The Hall–Kier alpha value is -1.09. The summed E-state index contributed by atoms with van der Waals surface area (Å²) in [5.41, 5.74) is 7.87. The number of phenolic OH excluding ortho intramolecular Hbond substituents is 1. The summed E-state index contributed by atoms with van der Waals surface area (Å²) >= 11 is 0. The number of hydrogen-bond acceptors (Lipinski definition) is 2. The minimum Gasteiger partial charge on any atom is -0.505 e. The van der Waals surface area contributed by atoms with Crippen LogP contribution in [-0.2, 0) is 11.8 Å². The summed E-state index contributed by atoms with van der Waals surface area (Å²) in [7, 11) is 0. The fourth-order valence-corrected chi connectivity index (χ4v) is 4.14. The second kappa shape index (κ2) is 4.48. The fourth-order valence-electron chi connectivity index (χ4n) is 4.14. The summed E-state index contributed by atoms with van der Waals surface area (Å²) in [6, 6.07) is 3.36. The van der Waals surface area contributed by atoms with Crippen molar-refractivity contribution in [3.05, 3.63) is 29.1 Å². The topological polar surface area (TPSA) is 46.2 Å².